The summed E-state index contributed by atoms with van der Waals surface area (Å²) in [5, 5.41) is 0. The van der Waals surface area contributed by atoms with Crippen LogP contribution in [0.15, 0.2) is 12.2 Å². The maximum absolute atomic E-state index is 6.05. The Morgan fingerprint density at radius 3 is 2.46 bits per heavy atom. The Morgan fingerprint density at radius 1 is 1.54 bits per heavy atom. The lowest BCUT2D eigenvalue weighted by molar-refractivity contribution is 0.399. The summed E-state index contributed by atoms with van der Waals surface area (Å²) in [6, 6.07) is 0.169. The minimum absolute atomic E-state index is 0.169. The zero-order valence-corrected chi connectivity index (χ0v) is 10.2. The minimum atomic E-state index is 0.169. The number of nitrogens with two attached hydrogens (primary N) is 1. The van der Waals surface area contributed by atoms with Gasteiger partial charge in [0.05, 0.1) is 0 Å². The van der Waals surface area contributed by atoms with Crippen molar-refractivity contribution in [2.45, 2.75) is 39.7 Å². The molecule has 0 unspecified atom stereocenters. The van der Waals surface area contributed by atoms with Gasteiger partial charge in [-0.2, -0.15) is 11.8 Å². The van der Waals surface area contributed by atoms with E-state index in [9.17, 15) is 0 Å². The van der Waals surface area contributed by atoms with E-state index in [1.54, 1.807) is 0 Å². The lowest BCUT2D eigenvalue weighted by Crippen LogP contribution is -2.31. The van der Waals surface area contributed by atoms with Gasteiger partial charge in [-0.25, -0.2) is 0 Å². The van der Waals surface area contributed by atoms with Gasteiger partial charge < -0.3 is 5.73 Å². The maximum atomic E-state index is 6.05. The summed E-state index contributed by atoms with van der Waals surface area (Å²) in [5.41, 5.74) is 7.44. The number of hydrogen-bond acceptors (Lipinski definition) is 2. The molecule has 2 N–H and O–H groups in total. The maximum Gasteiger partial charge on any atom is 0.0264 e. The zero-order valence-electron chi connectivity index (χ0n) is 9.39. The molecule has 0 aliphatic rings. The summed E-state index contributed by atoms with van der Waals surface area (Å²) < 4.78 is 0. The summed E-state index contributed by atoms with van der Waals surface area (Å²) in [6.07, 6.45) is 4.27. The van der Waals surface area contributed by atoms with Crippen LogP contribution >= 0.6 is 11.8 Å². The SMILES string of the molecule is C=C([C@@H](N)CCSC)C(C)(C)CC. The van der Waals surface area contributed by atoms with Gasteiger partial charge in [0.1, 0.15) is 0 Å². The van der Waals surface area contributed by atoms with Crippen LogP contribution in [-0.2, 0) is 0 Å². The van der Waals surface area contributed by atoms with Gasteiger partial charge >= 0.3 is 0 Å². The lowest BCUT2D eigenvalue weighted by atomic mass is 9.78. The molecular weight excluding hydrogens is 178 g/mol. The van der Waals surface area contributed by atoms with E-state index in [1.807, 2.05) is 11.8 Å². The van der Waals surface area contributed by atoms with Crippen molar-refractivity contribution >= 4 is 11.8 Å². The Bertz CT molecular complexity index is 163. The van der Waals surface area contributed by atoms with Crippen LogP contribution in [0.4, 0.5) is 0 Å². The molecule has 0 aromatic carbocycles. The van der Waals surface area contributed by atoms with Gasteiger partial charge in [-0.05, 0) is 30.3 Å². The quantitative estimate of drug-likeness (QED) is 0.668. The average Bonchev–Trinajstić information content (AvgIpc) is 2.12. The molecule has 0 aromatic rings. The van der Waals surface area contributed by atoms with Crippen molar-refractivity contribution in [2.24, 2.45) is 11.1 Å². The first-order chi connectivity index (χ1) is 5.95. The minimum Gasteiger partial charge on any atom is -0.324 e. The third-order valence-corrected chi connectivity index (χ3v) is 3.48. The molecule has 0 aliphatic heterocycles. The van der Waals surface area contributed by atoms with E-state index in [0.717, 1.165) is 18.6 Å². The molecule has 0 bridgehead atoms. The van der Waals surface area contributed by atoms with Gasteiger partial charge in [-0.3, -0.25) is 0 Å². The van der Waals surface area contributed by atoms with Crippen LogP contribution in [0.1, 0.15) is 33.6 Å². The summed E-state index contributed by atoms with van der Waals surface area (Å²) >= 11 is 1.84. The second kappa shape index (κ2) is 5.71. The summed E-state index contributed by atoms with van der Waals surface area (Å²) in [7, 11) is 0. The topological polar surface area (TPSA) is 26.0 Å². The predicted octanol–water partition coefficient (Wildman–Crippen LogP) is 3.06. The summed E-state index contributed by atoms with van der Waals surface area (Å²) in [4.78, 5) is 0. The molecule has 0 saturated carbocycles. The molecule has 0 rings (SSSR count). The highest BCUT2D eigenvalue weighted by Gasteiger charge is 2.23. The van der Waals surface area contributed by atoms with E-state index in [2.05, 4.69) is 33.6 Å². The molecule has 0 saturated heterocycles. The van der Waals surface area contributed by atoms with Gasteiger partial charge in [-0.1, -0.05) is 32.9 Å². The third-order valence-electron chi connectivity index (χ3n) is 2.83. The molecule has 0 spiro atoms. The van der Waals surface area contributed by atoms with E-state index < -0.39 is 0 Å². The van der Waals surface area contributed by atoms with Crippen LogP contribution in [0, 0.1) is 5.41 Å². The molecule has 0 fully saturated rings. The molecule has 0 heterocycles. The van der Waals surface area contributed by atoms with Gasteiger partial charge in [0.15, 0.2) is 0 Å². The molecular formula is C11H23NS. The van der Waals surface area contributed by atoms with Crippen molar-refractivity contribution in [2.75, 3.05) is 12.0 Å². The molecule has 0 aromatic heterocycles. The van der Waals surface area contributed by atoms with Gasteiger partial charge in [0, 0.05) is 6.04 Å². The Kier molecular flexibility index (Phi) is 5.73. The second-order valence-electron chi connectivity index (χ2n) is 4.15. The van der Waals surface area contributed by atoms with Crippen LogP contribution in [0.2, 0.25) is 0 Å². The standard InChI is InChI=1S/C11H23NS/c1-6-11(3,4)9(2)10(12)7-8-13-5/h10H,2,6-8,12H2,1,3-5H3/t10-/m0/s1. The van der Waals surface area contributed by atoms with Crippen molar-refractivity contribution in [3.8, 4) is 0 Å². The Morgan fingerprint density at radius 2 is 2.08 bits per heavy atom. The Hall–Kier alpha value is 0.0500. The van der Waals surface area contributed by atoms with Crippen molar-refractivity contribution in [3.05, 3.63) is 12.2 Å². The fourth-order valence-electron chi connectivity index (χ4n) is 1.15. The zero-order chi connectivity index (χ0) is 10.5. The molecule has 13 heavy (non-hydrogen) atoms. The molecule has 1 nitrogen and oxygen atoms in total. The van der Waals surface area contributed by atoms with Crippen LogP contribution in [0.25, 0.3) is 0 Å². The normalized spacial score (nSPS) is 14.2. The van der Waals surface area contributed by atoms with Gasteiger partial charge in [-0.15, -0.1) is 0 Å². The van der Waals surface area contributed by atoms with E-state index in [4.69, 9.17) is 5.73 Å². The van der Waals surface area contributed by atoms with Gasteiger partial charge in [0.2, 0.25) is 0 Å². The molecule has 0 aliphatic carbocycles. The highest BCUT2D eigenvalue weighted by atomic mass is 32.2. The fraction of sp³-hybridized carbons (Fsp3) is 0.818. The third kappa shape index (κ3) is 4.19. The first-order valence-corrected chi connectivity index (χ1v) is 6.29. The molecule has 78 valence electrons. The number of hydrogen-bond donors (Lipinski definition) is 1. The van der Waals surface area contributed by atoms with Crippen molar-refractivity contribution < 1.29 is 0 Å². The van der Waals surface area contributed by atoms with Crippen LogP contribution in [0.3, 0.4) is 0 Å². The molecule has 2 heteroatoms. The van der Waals surface area contributed by atoms with Crippen LogP contribution in [0.5, 0.6) is 0 Å². The molecule has 0 amide bonds. The second-order valence-corrected chi connectivity index (χ2v) is 5.14. The van der Waals surface area contributed by atoms with Crippen LogP contribution < -0.4 is 5.73 Å². The first-order valence-electron chi connectivity index (χ1n) is 4.89. The largest absolute Gasteiger partial charge is 0.324 e. The lowest BCUT2D eigenvalue weighted by Gasteiger charge is -2.30. The monoisotopic (exact) mass is 201 g/mol. The van der Waals surface area contributed by atoms with Gasteiger partial charge in [0.25, 0.3) is 0 Å². The highest BCUT2D eigenvalue weighted by Crippen LogP contribution is 2.31. The van der Waals surface area contributed by atoms with E-state index in [-0.39, 0.29) is 11.5 Å². The van der Waals surface area contributed by atoms with Crippen LogP contribution in [-0.4, -0.2) is 18.1 Å². The van der Waals surface area contributed by atoms with Crippen molar-refractivity contribution in [1.29, 1.82) is 0 Å². The molecule has 0 radical (unpaired) electrons. The predicted molar refractivity (Wildman–Crippen MR) is 64.2 cm³/mol. The highest BCUT2D eigenvalue weighted by molar-refractivity contribution is 7.98. The van der Waals surface area contributed by atoms with Crippen molar-refractivity contribution in [3.63, 3.8) is 0 Å². The van der Waals surface area contributed by atoms with Crippen molar-refractivity contribution in [1.82, 2.24) is 0 Å². The average molecular weight is 201 g/mol. The number of rotatable bonds is 6. The fourth-order valence-corrected chi connectivity index (χ4v) is 1.64. The smallest absolute Gasteiger partial charge is 0.0264 e. The first kappa shape index (κ1) is 13.1. The van der Waals surface area contributed by atoms with E-state index >= 15 is 0 Å². The Labute approximate surface area is 87.2 Å². The summed E-state index contributed by atoms with van der Waals surface area (Å²) in [5.74, 6) is 1.12. The Balaban J connectivity index is 4.09. The van der Waals surface area contributed by atoms with E-state index in [1.165, 1.54) is 5.57 Å². The van der Waals surface area contributed by atoms with E-state index in [0.29, 0.717) is 0 Å². The molecule has 1 atom stereocenters. The summed E-state index contributed by atoms with van der Waals surface area (Å²) in [6.45, 7) is 10.7. The number of thioether (sulfide) groups is 1.